The lowest BCUT2D eigenvalue weighted by molar-refractivity contribution is -0.115. The molecule has 37 heavy (non-hydrogen) atoms. The quantitative estimate of drug-likeness (QED) is 0.187. The Morgan fingerprint density at radius 3 is 2.65 bits per heavy atom. The highest BCUT2D eigenvalue weighted by Crippen LogP contribution is 2.37. The number of nitrogens with zero attached hydrogens (tertiary/aromatic N) is 2. The number of aliphatic hydroxyl groups is 1. The van der Waals surface area contributed by atoms with Crippen LogP contribution in [0.3, 0.4) is 0 Å². The number of nitrogens with two attached hydrogens (primary N) is 2. The van der Waals surface area contributed by atoms with Crippen LogP contribution in [0, 0.1) is 5.82 Å². The van der Waals surface area contributed by atoms with Crippen LogP contribution in [0.15, 0.2) is 47.3 Å². The number of pyridine rings is 2. The number of carbonyl (C=O) groups excluding carboxylic acids is 1. The first-order valence-electron chi connectivity index (χ1n) is 11.7. The van der Waals surface area contributed by atoms with Gasteiger partial charge in [-0.25, -0.2) is 9.37 Å². The minimum atomic E-state index is -1.49. The van der Waals surface area contributed by atoms with E-state index in [-0.39, 0.29) is 35.5 Å². The number of benzene rings is 2. The fraction of sp³-hybridized carbons (Fsp3) is 0.222. The molecule has 4 aromatic rings. The summed E-state index contributed by atoms with van der Waals surface area (Å²) in [5.74, 6) is -0.594. The number of nitrogens with one attached hydrogen (secondary N) is 1. The predicted molar refractivity (Wildman–Crippen MR) is 138 cm³/mol. The van der Waals surface area contributed by atoms with Crippen LogP contribution in [0.25, 0.3) is 22.3 Å². The van der Waals surface area contributed by atoms with Gasteiger partial charge in [-0.15, -0.1) is 0 Å². The van der Waals surface area contributed by atoms with Crippen LogP contribution >= 0.6 is 0 Å². The van der Waals surface area contributed by atoms with Gasteiger partial charge in [0, 0.05) is 54.0 Å². The highest BCUT2D eigenvalue weighted by Gasteiger charge is 2.29. The third-order valence-electron chi connectivity index (χ3n) is 6.66. The molecule has 1 unspecified atom stereocenters. The molecule has 0 saturated carbocycles. The van der Waals surface area contributed by atoms with E-state index in [1.54, 1.807) is 12.1 Å². The fourth-order valence-corrected chi connectivity index (χ4v) is 4.80. The van der Waals surface area contributed by atoms with Gasteiger partial charge in [-0.1, -0.05) is 12.1 Å². The normalized spacial score (nSPS) is 12.9. The van der Waals surface area contributed by atoms with Crippen molar-refractivity contribution >= 4 is 28.6 Å². The lowest BCUT2D eigenvalue weighted by Gasteiger charge is -2.14. The van der Waals surface area contributed by atoms with Crippen LogP contribution in [0.2, 0.25) is 0 Å². The van der Waals surface area contributed by atoms with Gasteiger partial charge in [0.1, 0.15) is 11.9 Å². The molecule has 190 valence electrons. The third-order valence-corrected chi connectivity index (χ3v) is 6.66. The molecule has 0 saturated heterocycles. The summed E-state index contributed by atoms with van der Waals surface area (Å²) in [5.41, 5.74) is 16.3. The highest BCUT2D eigenvalue weighted by molar-refractivity contribution is 5.90. The summed E-state index contributed by atoms with van der Waals surface area (Å²) in [6.45, 7) is 1.10. The van der Waals surface area contributed by atoms with Crippen LogP contribution in [-0.2, 0) is 35.8 Å². The number of rotatable bonds is 8. The van der Waals surface area contributed by atoms with Crippen LogP contribution in [-0.4, -0.2) is 28.1 Å². The Labute approximate surface area is 211 Å². The Hall–Kier alpha value is -4.12. The van der Waals surface area contributed by atoms with Crippen LogP contribution in [0.4, 0.5) is 15.8 Å². The van der Waals surface area contributed by atoms with Crippen molar-refractivity contribution in [2.24, 2.45) is 0 Å². The number of ether oxygens (including phenoxy) is 1. The Bertz CT molecular complexity index is 1580. The summed E-state index contributed by atoms with van der Waals surface area (Å²) in [4.78, 5) is 29.5. The Balaban J connectivity index is 1.65. The molecular weight excluding hydrogens is 477 g/mol. The molecule has 0 aliphatic carbocycles. The van der Waals surface area contributed by atoms with Crippen molar-refractivity contribution in [1.29, 1.82) is 0 Å². The van der Waals surface area contributed by atoms with E-state index >= 15 is 0 Å². The first-order chi connectivity index (χ1) is 17.8. The summed E-state index contributed by atoms with van der Waals surface area (Å²) in [7, 11) is 1.43. The lowest BCUT2D eigenvalue weighted by atomic mass is 9.98. The minimum absolute atomic E-state index is 0.000449. The van der Waals surface area contributed by atoms with E-state index in [0.717, 1.165) is 16.7 Å². The number of aldehydes is 1. The topological polar surface area (TPSA) is 145 Å². The van der Waals surface area contributed by atoms with E-state index in [9.17, 15) is 19.1 Å². The van der Waals surface area contributed by atoms with E-state index < -0.39 is 11.9 Å². The third kappa shape index (κ3) is 4.35. The average molecular weight is 504 g/mol. The van der Waals surface area contributed by atoms with E-state index in [1.165, 1.54) is 17.7 Å². The number of aromatic nitrogens is 2. The Kier molecular flexibility index (Phi) is 6.46. The SMILES string of the molecule is COCc1c(C(O)C=O)cc2n(c1=O)Cc1c-2nc2cc(F)c(N)cc2c1CNCc1ccc(N)cc1. The lowest BCUT2D eigenvalue weighted by Crippen LogP contribution is -2.26. The van der Waals surface area contributed by atoms with Gasteiger partial charge in [0.05, 0.1) is 35.7 Å². The number of hydrogen-bond acceptors (Lipinski definition) is 8. The molecule has 0 amide bonds. The number of anilines is 2. The standard InChI is InChI=1S/C27H26FN5O4/c1-37-13-20-17(25(35)12-34)7-24-26-19(11-33(24)27(20)36)18(10-31-9-14-2-4-15(29)5-3-14)16-6-22(30)21(28)8-23(16)32-26/h2-8,12,25,31,35H,9-11,13,29-30H2,1H3. The summed E-state index contributed by atoms with van der Waals surface area (Å²) >= 11 is 0. The molecule has 2 aromatic heterocycles. The summed E-state index contributed by atoms with van der Waals surface area (Å²) in [5, 5.41) is 14.4. The number of hydrogen-bond donors (Lipinski definition) is 4. The largest absolute Gasteiger partial charge is 0.399 e. The predicted octanol–water partition coefficient (Wildman–Crippen LogP) is 2.40. The maximum absolute atomic E-state index is 14.4. The molecule has 6 N–H and O–H groups in total. The summed E-state index contributed by atoms with van der Waals surface area (Å²) in [6, 6.07) is 11.9. The molecule has 0 fully saturated rings. The first-order valence-corrected chi connectivity index (χ1v) is 11.7. The molecule has 0 spiro atoms. The molecule has 1 aliphatic heterocycles. The number of fused-ring (bicyclic) bond motifs is 4. The number of halogens is 1. The van der Waals surface area contributed by atoms with Crippen LogP contribution in [0.5, 0.6) is 0 Å². The minimum Gasteiger partial charge on any atom is -0.399 e. The van der Waals surface area contributed by atoms with Crippen molar-refractivity contribution < 1.29 is 19.0 Å². The van der Waals surface area contributed by atoms with Gasteiger partial charge in [-0.2, -0.15) is 0 Å². The second-order valence-corrected chi connectivity index (χ2v) is 9.02. The van der Waals surface area contributed by atoms with Gasteiger partial charge in [-0.3, -0.25) is 4.79 Å². The van der Waals surface area contributed by atoms with Crippen molar-refractivity contribution in [3.05, 3.63) is 86.5 Å². The van der Waals surface area contributed by atoms with E-state index in [2.05, 4.69) is 10.3 Å². The zero-order chi connectivity index (χ0) is 26.3. The van der Waals surface area contributed by atoms with Crippen molar-refractivity contribution in [2.75, 3.05) is 18.6 Å². The van der Waals surface area contributed by atoms with Gasteiger partial charge in [0.25, 0.3) is 5.56 Å². The molecule has 3 heterocycles. The summed E-state index contributed by atoms with van der Waals surface area (Å²) < 4.78 is 21.1. The van der Waals surface area contributed by atoms with Gasteiger partial charge in [-0.05, 0) is 35.4 Å². The van der Waals surface area contributed by atoms with Gasteiger partial charge in [0.2, 0.25) is 0 Å². The fourth-order valence-electron chi connectivity index (χ4n) is 4.80. The highest BCUT2D eigenvalue weighted by atomic mass is 19.1. The van der Waals surface area contributed by atoms with Crippen molar-refractivity contribution in [1.82, 2.24) is 14.9 Å². The van der Waals surface area contributed by atoms with Crippen LogP contribution < -0.4 is 22.3 Å². The zero-order valence-corrected chi connectivity index (χ0v) is 20.1. The van der Waals surface area contributed by atoms with E-state index in [0.29, 0.717) is 47.4 Å². The van der Waals surface area contributed by atoms with Gasteiger partial charge >= 0.3 is 0 Å². The Morgan fingerprint density at radius 2 is 1.95 bits per heavy atom. The van der Waals surface area contributed by atoms with Crippen LogP contribution in [0.1, 0.15) is 33.9 Å². The Morgan fingerprint density at radius 1 is 1.19 bits per heavy atom. The number of aliphatic hydroxyl groups excluding tert-OH is 1. The number of carbonyl (C=O) groups is 1. The molecule has 2 aromatic carbocycles. The van der Waals surface area contributed by atoms with E-state index in [4.69, 9.17) is 16.2 Å². The molecule has 10 heteroatoms. The second-order valence-electron chi connectivity index (χ2n) is 9.02. The number of nitrogen functional groups attached to an aromatic ring is 2. The molecule has 1 atom stereocenters. The van der Waals surface area contributed by atoms with Crippen molar-refractivity contribution in [2.45, 2.75) is 32.3 Å². The smallest absolute Gasteiger partial charge is 0.257 e. The average Bonchev–Trinajstić information content (AvgIpc) is 3.25. The molecule has 9 nitrogen and oxygen atoms in total. The maximum atomic E-state index is 14.4. The molecular formula is C27H26FN5O4. The van der Waals surface area contributed by atoms with Crippen molar-refractivity contribution in [3.8, 4) is 11.4 Å². The maximum Gasteiger partial charge on any atom is 0.257 e. The molecule has 0 bridgehead atoms. The molecule has 1 aliphatic rings. The first kappa shape index (κ1) is 24.6. The summed E-state index contributed by atoms with van der Waals surface area (Å²) in [6.07, 6.45) is -1.13. The molecule has 5 rings (SSSR count). The van der Waals surface area contributed by atoms with E-state index in [1.807, 2.05) is 24.3 Å². The molecule has 0 radical (unpaired) electrons. The second kappa shape index (κ2) is 9.74. The zero-order valence-electron chi connectivity index (χ0n) is 20.1. The van der Waals surface area contributed by atoms with Gasteiger partial charge < -0.3 is 36.0 Å². The van der Waals surface area contributed by atoms with Gasteiger partial charge in [0.15, 0.2) is 6.29 Å². The monoisotopic (exact) mass is 503 g/mol. The number of methoxy groups -OCH3 is 1. The van der Waals surface area contributed by atoms with Crippen molar-refractivity contribution in [3.63, 3.8) is 0 Å².